The maximum Gasteiger partial charge on any atom is -0.0128 e. The highest BCUT2D eigenvalue weighted by molar-refractivity contribution is 7.66. The lowest BCUT2D eigenvalue weighted by molar-refractivity contribution is 0.774. The average molecular weight is 254 g/mol. The quantitative estimate of drug-likeness (QED) is 0.720. The van der Waals surface area contributed by atoms with Crippen molar-refractivity contribution in [2.45, 2.75) is 24.9 Å². The molecule has 18 heavy (non-hydrogen) atoms. The van der Waals surface area contributed by atoms with Gasteiger partial charge in [-0.1, -0.05) is 68.6 Å². The molecule has 2 atom stereocenters. The van der Waals surface area contributed by atoms with Crippen molar-refractivity contribution in [3.05, 3.63) is 66.2 Å². The molecule has 0 amide bonds. The molecule has 0 saturated carbocycles. The maximum absolute atomic E-state index is 2.33. The third-order valence-electron chi connectivity index (χ3n) is 3.78. The van der Waals surface area contributed by atoms with Crippen LogP contribution >= 0.6 is 7.92 Å². The van der Waals surface area contributed by atoms with Crippen molar-refractivity contribution in [3.63, 3.8) is 0 Å². The topological polar surface area (TPSA) is 0 Å². The summed E-state index contributed by atoms with van der Waals surface area (Å²) in [5.41, 5.74) is 2.40. The van der Waals surface area contributed by atoms with Crippen LogP contribution in [0.1, 0.15) is 18.4 Å². The van der Waals surface area contributed by atoms with Crippen LogP contribution in [0.4, 0.5) is 0 Å². The van der Waals surface area contributed by atoms with Gasteiger partial charge < -0.3 is 0 Å². The van der Waals surface area contributed by atoms with Crippen LogP contribution in [0.2, 0.25) is 0 Å². The van der Waals surface area contributed by atoms with E-state index in [0.717, 1.165) is 5.66 Å². The minimum Gasteiger partial charge on any atom is -0.0718 e. The fourth-order valence-corrected chi connectivity index (χ4v) is 5.94. The molecule has 1 aliphatic rings. The number of rotatable bonds is 3. The van der Waals surface area contributed by atoms with Gasteiger partial charge in [0, 0.05) is 0 Å². The van der Waals surface area contributed by atoms with E-state index in [0.29, 0.717) is 0 Å². The first kappa shape index (κ1) is 11.9. The highest BCUT2D eigenvalue weighted by Gasteiger charge is 2.27. The van der Waals surface area contributed by atoms with Crippen molar-refractivity contribution in [2.24, 2.45) is 0 Å². The van der Waals surface area contributed by atoms with Crippen LogP contribution < -0.4 is 5.30 Å². The molecular formula is C17H19P. The molecule has 2 aromatic rings. The molecule has 0 aliphatic carbocycles. The highest BCUT2D eigenvalue weighted by Crippen LogP contribution is 2.50. The van der Waals surface area contributed by atoms with Crippen molar-refractivity contribution >= 4 is 13.2 Å². The lowest BCUT2D eigenvalue weighted by atomic mass is 10.1. The third-order valence-corrected chi connectivity index (χ3v) is 6.86. The predicted molar refractivity (Wildman–Crippen MR) is 81.0 cm³/mol. The summed E-state index contributed by atoms with van der Waals surface area (Å²) in [6, 6.07) is 22.1. The van der Waals surface area contributed by atoms with Gasteiger partial charge in [-0.3, -0.25) is 0 Å². The Morgan fingerprint density at radius 2 is 1.56 bits per heavy atom. The van der Waals surface area contributed by atoms with E-state index in [9.17, 15) is 0 Å². The van der Waals surface area contributed by atoms with Gasteiger partial charge in [-0.05, 0) is 42.0 Å². The lowest BCUT2D eigenvalue weighted by Crippen LogP contribution is -2.12. The summed E-state index contributed by atoms with van der Waals surface area (Å²) < 4.78 is 0. The molecule has 1 heteroatoms. The Bertz CT molecular complexity index is 477. The van der Waals surface area contributed by atoms with Gasteiger partial charge in [0.25, 0.3) is 0 Å². The minimum atomic E-state index is 0.0727. The van der Waals surface area contributed by atoms with E-state index < -0.39 is 0 Å². The van der Waals surface area contributed by atoms with Crippen LogP contribution in [0.15, 0.2) is 60.7 Å². The summed E-state index contributed by atoms with van der Waals surface area (Å²) in [6.45, 7) is 0. The molecule has 0 bridgehead atoms. The Morgan fingerprint density at radius 1 is 0.889 bits per heavy atom. The van der Waals surface area contributed by atoms with Crippen molar-refractivity contribution in [1.82, 2.24) is 0 Å². The Balaban J connectivity index is 1.76. The van der Waals surface area contributed by atoms with E-state index in [1.807, 2.05) is 0 Å². The molecule has 1 heterocycles. The van der Waals surface area contributed by atoms with Gasteiger partial charge >= 0.3 is 0 Å². The van der Waals surface area contributed by atoms with Crippen LogP contribution in [-0.4, -0.2) is 11.8 Å². The predicted octanol–water partition coefficient (Wildman–Crippen LogP) is 4.20. The second-order valence-electron chi connectivity index (χ2n) is 5.01. The molecule has 0 aromatic heterocycles. The van der Waals surface area contributed by atoms with E-state index >= 15 is 0 Å². The SMILES string of the molecule is c1ccc(C[C@H]2CCC[P@]2c2ccccc2)cc1. The highest BCUT2D eigenvalue weighted by atomic mass is 31.1. The Morgan fingerprint density at radius 3 is 2.28 bits per heavy atom. The first-order valence-corrected chi connectivity index (χ1v) is 8.39. The van der Waals surface area contributed by atoms with Gasteiger partial charge in [0.1, 0.15) is 0 Å². The van der Waals surface area contributed by atoms with Gasteiger partial charge in [0.05, 0.1) is 0 Å². The van der Waals surface area contributed by atoms with Gasteiger partial charge in [-0.25, -0.2) is 0 Å². The zero-order valence-corrected chi connectivity index (χ0v) is 11.5. The summed E-state index contributed by atoms with van der Waals surface area (Å²) in [6.07, 6.45) is 5.52. The van der Waals surface area contributed by atoms with Crippen LogP contribution in [0.25, 0.3) is 0 Å². The summed E-state index contributed by atoms with van der Waals surface area (Å²) in [7, 11) is 0.0727. The normalized spacial score (nSPS) is 23.1. The fraction of sp³-hybridized carbons (Fsp3) is 0.294. The number of benzene rings is 2. The van der Waals surface area contributed by atoms with Crippen molar-refractivity contribution in [1.29, 1.82) is 0 Å². The molecule has 1 aliphatic heterocycles. The van der Waals surface area contributed by atoms with Gasteiger partial charge in [0.15, 0.2) is 0 Å². The van der Waals surface area contributed by atoms with Crippen molar-refractivity contribution in [2.75, 3.05) is 6.16 Å². The van der Waals surface area contributed by atoms with E-state index in [2.05, 4.69) is 60.7 Å². The van der Waals surface area contributed by atoms with Crippen LogP contribution in [0, 0.1) is 0 Å². The van der Waals surface area contributed by atoms with E-state index in [1.54, 1.807) is 5.30 Å². The summed E-state index contributed by atoms with van der Waals surface area (Å²) in [5, 5.41) is 1.60. The van der Waals surface area contributed by atoms with Crippen LogP contribution in [0.5, 0.6) is 0 Å². The molecule has 92 valence electrons. The molecule has 0 N–H and O–H groups in total. The number of hydrogen-bond acceptors (Lipinski definition) is 0. The second-order valence-corrected chi connectivity index (χ2v) is 7.65. The van der Waals surface area contributed by atoms with Crippen molar-refractivity contribution < 1.29 is 0 Å². The molecular weight excluding hydrogens is 235 g/mol. The largest absolute Gasteiger partial charge is 0.0718 e. The van der Waals surface area contributed by atoms with Gasteiger partial charge in [-0.2, -0.15) is 0 Å². The van der Waals surface area contributed by atoms with E-state index in [1.165, 1.54) is 31.0 Å². The molecule has 0 unspecified atom stereocenters. The molecule has 1 fully saturated rings. The average Bonchev–Trinajstić information content (AvgIpc) is 2.89. The third kappa shape index (κ3) is 2.65. The Kier molecular flexibility index (Phi) is 3.76. The molecule has 1 saturated heterocycles. The monoisotopic (exact) mass is 254 g/mol. The fourth-order valence-electron chi connectivity index (χ4n) is 2.89. The van der Waals surface area contributed by atoms with E-state index in [-0.39, 0.29) is 7.92 Å². The van der Waals surface area contributed by atoms with Crippen LogP contribution in [0.3, 0.4) is 0 Å². The molecule has 0 radical (unpaired) electrons. The van der Waals surface area contributed by atoms with E-state index in [4.69, 9.17) is 0 Å². The maximum atomic E-state index is 2.33. The Hall–Kier alpha value is -1.13. The summed E-state index contributed by atoms with van der Waals surface area (Å²) in [4.78, 5) is 0. The summed E-state index contributed by atoms with van der Waals surface area (Å²) >= 11 is 0. The lowest BCUT2D eigenvalue weighted by Gasteiger charge is -2.20. The first-order valence-electron chi connectivity index (χ1n) is 6.79. The Labute approximate surface area is 111 Å². The van der Waals surface area contributed by atoms with Crippen molar-refractivity contribution in [3.8, 4) is 0 Å². The number of hydrogen-bond donors (Lipinski definition) is 0. The zero-order chi connectivity index (χ0) is 12.2. The smallest absolute Gasteiger partial charge is 0.0128 e. The minimum absolute atomic E-state index is 0.0727. The second kappa shape index (κ2) is 5.67. The van der Waals surface area contributed by atoms with Crippen LogP contribution in [-0.2, 0) is 6.42 Å². The standard InChI is InChI=1S/C17H19P/c1-3-8-15(9-4-1)14-17-12-7-13-18(17)16-10-5-2-6-11-16/h1-6,8-11,17H,7,12-14H2/t17-,18-/m1/s1. The van der Waals surface area contributed by atoms with Gasteiger partial charge in [0.2, 0.25) is 0 Å². The molecule has 0 nitrogen and oxygen atoms in total. The van der Waals surface area contributed by atoms with Gasteiger partial charge in [-0.15, -0.1) is 0 Å². The molecule has 0 spiro atoms. The first-order chi connectivity index (χ1) is 8.93. The molecule has 3 rings (SSSR count). The molecule has 2 aromatic carbocycles. The summed E-state index contributed by atoms with van der Waals surface area (Å²) in [5.74, 6) is 0. The zero-order valence-electron chi connectivity index (χ0n) is 10.6.